The first-order valence-electron chi connectivity index (χ1n) is 7.36. The van der Waals surface area contributed by atoms with Crippen molar-refractivity contribution in [3.05, 3.63) is 33.3 Å². The van der Waals surface area contributed by atoms with Crippen molar-refractivity contribution in [1.82, 2.24) is 19.9 Å². The third kappa shape index (κ3) is 3.20. The van der Waals surface area contributed by atoms with Crippen LogP contribution in [0.2, 0.25) is 0 Å². The van der Waals surface area contributed by atoms with E-state index in [-0.39, 0.29) is 12.0 Å². The van der Waals surface area contributed by atoms with Crippen LogP contribution in [-0.2, 0) is 16.0 Å². The first kappa shape index (κ1) is 15.2. The van der Waals surface area contributed by atoms with Gasteiger partial charge in [-0.1, -0.05) is 0 Å². The Morgan fingerprint density at radius 2 is 2.32 bits per heavy atom. The number of imidazole rings is 1. The highest BCUT2D eigenvalue weighted by atomic mass is 32.1. The molecule has 118 valence electrons. The van der Waals surface area contributed by atoms with Crippen molar-refractivity contribution in [3.8, 4) is 0 Å². The van der Waals surface area contributed by atoms with Gasteiger partial charge in [-0.05, 0) is 20.8 Å². The van der Waals surface area contributed by atoms with Gasteiger partial charge >= 0.3 is 0 Å². The fourth-order valence-electron chi connectivity index (χ4n) is 2.62. The van der Waals surface area contributed by atoms with Crippen molar-refractivity contribution in [2.45, 2.75) is 33.3 Å². The van der Waals surface area contributed by atoms with Crippen molar-refractivity contribution >= 4 is 17.2 Å². The molecule has 1 saturated heterocycles. The van der Waals surface area contributed by atoms with Gasteiger partial charge in [-0.3, -0.25) is 4.79 Å². The lowest BCUT2D eigenvalue weighted by Gasteiger charge is -2.32. The highest BCUT2D eigenvalue weighted by Crippen LogP contribution is 2.22. The SMILES string of the molecule is Cc1cnc([C@H]2CN(C(=O)Cc3sc(C)nc3C)CCO2)[nH]1. The summed E-state index contributed by atoms with van der Waals surface area (Å²) in [4.78, 5) is 27.3. The summed E-state index contributed by atoms with van der Waals surface area (Å²) >= 11 is 1.60. The number of rotatable bonds is 3. The summed E-state index contributed by atoms with van der Waals surface area (Å²) in [5.74, 6) is 0.920. The number of ether oxygens (including phenoxy) is 1. The number of hydrogen-bond acceptors (Lipinski definition) is 5. The van der Waals surface area contributed by atoms with E-state index in [2.05, 4.69) is 15.0 Å². The van der Waals surface area contributed by atoms with Crippen LogP contribution in [0.1, 0.15) is 33.2 Å². The number of nitrogens with one attached hydrogen (secondary N) is 1. The molecule has 0 aromatic carbocycles. The predicted molar refractivity (Wildman–Crippen MR) is 83.9 cm³/mol. The minimum Gasteiger partial charge on any atom is -0.367 e. The molecule has 0 aliphatic carbocycles. The monoisotopic (exact) mass is 320 g/mol. The number of aromatic nitrogens is 3. The molecule has 3 rings (SSSR count). The number of H-pyrrole nitrogens is 1. The third-order valence-corrected chi connectivity index (χ3v) is 4.83. The summed E-state index contributed by atoms with van der Waals surface area (Å²) in [7, 11) is 0. The van der Waals surface area contributed by atoms with Crippen LogP contribution in [-0.4, -0.2) is 45.5 Å². The van der Waals surface area contributed by atoms with Gasteiger partial charge in [0.25, 0.3) is 0 Å². The summed E-state index contributed by atoms with van der Waals surface area (Å²) in [6.07, 6.45) is 2.03. The second kappa shape index (κ2) is 6.18. The molecule has 1 amide bonds. The Morgan fingerprint density at radius 1 is 1.50 bits per heavy atom. The van der Waals surface area contributed by atoms with Gasteiger partial charge in [-0.15, -0.1) is 11.3 Å². The lowest BCUT2D eigenvalue weighted by molar-refractivity contribution is -0.138. The number of morpholine rings is 1. The van der Waals surface area contributed by atoms with Gasteiger partial charge in [0.05, 0.1) is 30.3 Å². The Labute approximate surface area is 133 Å². The lowest BCUT2D eigenvalue weighted by Crippen LogP contribution is -2.43. The van der Waals surface area contributed by atoms with Crippen molar-refractivity contribution in [1.29, 1.82) is 0 Å². The zero-order valence-electron chi connectivity index (χ0n) is 13.0. The molecule has 1 N–H and O–H groups in total. The number of aromatic amines is 1. The van der Waals surface area contributed by atoms with Crippen molar-refractivity contribution in [2.75, 3.05) is 19.7 Å². The summed E-state index contributed by atoms with van der Waals surface area (Å²) in [5, 5.41) is 1.01. The molecule has 6 nitrogen and oxygen atoms in total. The van der Waals surface area contributed by atoms with Gasteiger partial charge in [-0.2, -0.15) is 0 Å². The molecule has 2 aromatic rings. The Morgan fingerprint density at radius 3 is 2.95 bits per heavy atom. The van der Waals surface area contributed by atoms with Gasteiger partial charge in [0.2, 0.25) is 5.91 Å². The molecule has 0 unspecified atom stereocenters. The topological polar surface area (TPSA) is 71.1 Å². The normalized spacial score (nSPS) is 18.7. The summed E-state index contributed by atoms with van der Waals surface area (Å²) in [6.45, 7) is 7.60. The Hall–Kier alpha value is -1.73. The van der Waals surface area contributed by atoms with E-state index in [1.807, 2.05) is 25.7 Å². The molecule has 0 radical (unpaired) electrons. The van der Waals surface area contributed by atoms with E-state index < -0.39 is 0 Å². The maximum atomic E-state index is 12.5. The molecule has 1 aliphatic heterocycles. The molecule has 1 atom stereocenters. The number of aryl methyl sites for hydroxylation is 3. The van der Waals surface area contributed by atoms with Crippen LogP contribution in [0.3, 0.4) is 0 Å². The average molecular weight is 320 g/mol. The van der Waals surface area contributed by atoms with Crippen molar-refractivity contribution < 1.29 is 9.53 Å². The zero-order chi connectivity index (χ0) is 15.7. The average Bonchev–Trinajstić information content (AvgIpc) is 3.05. The van der Waals surface area contributed by atoms with Crippen LogP contribution >= 0.6 is 11.3 Å². The van der Waals surface area contributed by atoms with Gasteiger partial charge in [-0.25, -0.2) is 9.97 Å². The molecule has 0 saturated carbocycles. The van der Waals surface area contributed by atoms with Crippen molar-refractivity contribution in [3.63, 3.8) is 0 Å². The fraction of sp³-hybridized carbons (Fsp3) is 0.533. The van der Waals surface area contributed by atoms with Crippen LogP contribution in [0.5, 0.6) is 0 Å². The molecule has 0 spiro atoms. The van der Waals surface area contributed by atoms with Gasteiger partial charge < -0.3 is 14.6 Å². The van der Waals surface area contributed by atoms with E-state index in [0.717, 1.165) is 27.1 Å². The van der Waals surface area contributed by atoms with Crippen LogP contribution < -0.4 is 0 Å². The lowest BCUT2D eigenvalue weighted by atomic mass is 10.2. The molecule has 3 heterocycles. The first-order valence-corrected chi connectivity index (χ1v) is 8.18. The Kier molecular flexibility index (Phi) is 4.26. The van der Waals surface area contributed by atoms with Crippen molar-refractivity contribution in [2.24, 2.45) is 0 Å². The van der Waals surface area contributed by atoms with Gasteiger partial charge in [0.1, 0.15) is 11.9 Å². The van der Waals surface area contributed by atoms with E-state index >= 15 is 0 Å². The minimum absolute atomic E-state index is 0.128. The fourth-order valence-corrected chi connectivity index (χ4v) is 3.55. The highest BCUT2D eigenvalue weighted by molar-refractivity contribution is 7.11. The molecule has 1 aliphatic rings. The number of thiazole rings is 1. The molecule has 7 heteroatoms. The zero-order valence-corrected chi connectivity index (χ0v) is 13.9. The number of nitrogens with zero attached hydrogens (tertiary/aromatic N) is 3. The number of hydrogen-bond donors (Lipinski definition) is 1. The summed E-state index contributed by atoms with van der Waals surface area (Å²) in [6, 6.07) is 0. The van der Waals surface area contributed by atoms with Gasteiger partial charge in [0.15, 0.2) is 0 Å². The summed E-state index contributed by atoms with van der Waals surface area (Å²) in [5.41, 5.74) is 1.96. The number of amides is 1. The molecule has 2 aromatic heterocycles. The summed E-state index contributed by atoms with van der Waals surface area (Å²) < 4.78 is 5.74. The van der Waals surface area contributed by atoms with Crippen LogP contribution in [0.15, 0.2) is 6.20 Å². The van der Waals surface area contributed by atoms with Crippen LogP contribution in [0.4, 0.5) is 0 Å². The minimum atomic E-state index is -0.171. The largest absolute Gasteiger partial charge is 0.367 e. The molecule has 0 bridgehead atoms. The quantitative estimate of drug-likeness (QED) is 0.938. The molecule has 22 heavy (non-hydrogen) atoms. The van der Waals surface area contributed by atoms with E-state index in [1.54, 1.807) is 17.5 Å². The van der Waals surface area contributed by atoms with E-state index in [1.165, 1.54) is 0 Å². The van der Waals surface area contributed by atoms with E-state index in [4.69, 9.17) is 4.74 Å². The number of carbonyl (C=O) groups is 1. The molecular weight excluding hydrogens is 300 g/mol. The first-order chi connectivity index (χ1) is 10.5. The maximum absolute atomic E-state index is 12.5. The van der Waals surface area contributed by atoms with E-state index in [9.17, 15) is 4.79 Å². The van der Waals surface area contributed by atoms with Crippen LogP contribution in [0.25, 0.3) is 0 Å². The maximum Gasteiger partial charge on any atom is 0.228 e. The third-order valence-electron chi connectivity index (χ3n) is 3.76. The molecule has 1 fully saturated rings. The van der Waals surface area contributed by atoms with E-state index in [0.29, 0.717) is 26.1 Å². The van der Waals surface area contributed by atoms with Gasteiger partial charge in [0, 0.05) is 23.3 Å². The number of carbonyl (C=O) groups excluding carboxylic acids is 1. The second-order valence-electron chi connectivity index (χ2n) is 5.57. The standard InChI is InChI=1S/C15H20N4O2S/c1-9-7-16-15(17-9)12-8-19(4-5-21-12)14(20)6-13-10(2)18-11(3)22-13/h7,12H,4-6,8H2,1-3H3,(H,16,17)/t12-/m1/s1. The second-order valence-corrected chi connectivity index (χ2v) is 6.86. The van der Waals surface area contributed by atoms with Crippen LogP contribution in [0, 0.1) is 20.8 Å². The Bertz CT molecular complexity index is 679. The highest BCUT2D eigenvalue weighted by Gasteiger charge is 2.27. The Balaban J connectivity index is 1.66. The molecular formula is C15H20N4O2S. The smallest absolute Gasteiger partial charge is 0.228 e. The predicted octanol–water partition coefficient (Wildman–Crippen LogP) is 1.93.